The molecule has 1 saturated heterocycles. The van der Waals surface area contributed by atoms with Crippen LogP contribution in [0.3, 0.4) is 0 Å². The molecule has 0 saturated carbocycles. The predicted molar refractivity (Wildman–Crippen MR) is 40.4 cm³/mol. The minimum atomic E-state index is -1.47. The maximum Gasteiger partial charge on any atom is 0.364 e. The molecule has 1 aliphatic rings. The summed E-state index contributed by atoms with van der Waals surface area (Å²) in [6.45, 7) is 1.02. The van der Waals surface area contributed by atoms with Crippen molar-refractivity contribution in [2.75, 3.05) is 13.2 Å². The molecular formula is C8H11FO3. The van der Waals surface area contributed by atoms with Gasteiger partial charge in [0.2, 0.25) is 5.83 Å². The van der Waals surface area contributed by atoms with Gasteiger partial charge in [-0.15, -0.1) is 0 Å². The summed E-state index contributed by atoms with van der Waals surface area (Å²) in [5, 5.41) is 8.35. The Morgan fingerprint density at radius 2 is 2.17 bits per heavy atom. The molecule has 4 heteroatoms. The van der Waals surface area contributed by atoms with Crippen molar-refractivity contribution < 1.29 is 19.0 Å². The first kappa shape index (κ1) is 9.19. The van der Waals surface area contributed by atoms with Crippen LogP contribution in [0.5, 0.6) is 0 Å². The van der Waals surface area contributed by atoms with Crippen LogP contribution in [0, 0.1) is 0 Å². The Morgan fingerprint density at radius 1 is 1.42 bits per heavy atom. The molecule has 0 unspecified atom stereocenters. The van der Waals surface area contributed by atoms with E-state index in [1.807, 2.05) is 0 Å². The summed E-state index contributed by atoms with van der Waals surface area (Å²) in [4.78, 5) is 10.2. The summed E-state index contributed by atoms with van der Waals surface area (Å²) in [6, 6.07) is 0. The van der Waals surface area contributed by atoms with Gasteiger partial charge in [0.05, 0.1) is 6.61 Å². The largest absolute Gasteiger partial charge is 0.476 e. The normalized spacial score (nSPS) is 23.1. The molecule has 1 rings (SSSR count). The number of carbonyl (C=O) groups is 1. The van der Waals surface area contributed by atoms with Crippen molar-refractivity contribution in [2.24, 2.45) is 0 Å². The van der Waals surface area contributed by atoms with E-state index >= 15 is 0 Å². The summed E-state index contributed by atoms with van der Waals surface area (Å²) in [6.07, 6.45) is 1.60. The zero-order valence-electron chi connectivity index (χ0n) is 6.68. The molecule has 1 heterocycles. The van der Waals surface area contributed by atoms with Gasteiger partial charge in [0, 0.05) is 6.61 Å². The van der Waals surface area contributed by atoms with Crippen molar-refractivity contribution in [1.29, 1.82) is 0 Å². The van der Waals surface area contributed by atoms with Crippen LogP contribution in [0.1, 0.15) is 19.3 Å². The van der Waals surface area contributed by atoms with Gasteiger partial charge in [0.15, 0.2) is 0 Å². The van der Waals surface area contributed by atoms with Crippen LogP contribution in [0.15, 0.2) is 11.4 Å². The monoisotopic (exact) mass is 174 g/mol. The van der Waals surface area contributed by atoms with Gasteiger partial charge >= 0.3 is 5.97 Å². The molecule has 0 amide bonds. The molecule has 0 radical (unpaired) electrons. The zero-order chi connectivity index (χ0) is 8.97. The van der Waals surface area contributed by atoms with E-state index in [1.165, 1.54) is 0 Å². The number of carboxylic acids is 1. The Labute approximate surface area is 69.8 Å². The van der Waals surface area contributed by atoms with Crippen molar-refractivity contribution in [3.8, 4) is 0 Å². The molecule has 68 valence electrons. The molecule has 3 nitrogen and oxygen atoms in total. The van der Waals surface area contributed by atoms with Gasteiger partial charge in [-0.05, 0) is 24.8 Å². The molecule has 0 aromatic heterocycles. The highest BCUT2D eigenvalue weighted by atomic mass is 19.1. The quantitative estimate of drug-likeness (QED) is 0.612. The Bertz CT molecular complexity index is 200. The summed E-state index contributed by atoms with van der Waals surface area (Å²) < 4.78 is 17.9. The first-order chi connectivity index (χ1) is 5.72. The second-order valence-electron chi connectivity index (χ2n) is 2.69. The smallest absolute Gasteiger partial charge is 0.364 e. The fraction of sp³-hybridized carbons (Fsp3) is 0.625. The van der Waals surface area contributed by atoms with E-state index in [9.17, 15) is 9.18 Å². The lowest BCUT2D eigenvalue weighted by molar-refractivity contribution is -0.134. The average Bonchev–Trinajstić information content (AvgIpc) is 2.30. The molecule has 0 spiro atoms. The summed E-state index contributed by atoms with van der Waals surface area (Å²) in [5.41, 5.74) is 0.375. The zero-order valence-corrected chi connectivity index (χ0v) is 6.68. The molecule has 0 aromatic rings. The Balaban J connectivity index is 2.69. The van der Waals surface area contributed by atoms with Crippen LogP contribution >= 0.6 is 0 Å². The highest BCUT2D eigenvalue weighted by Crippen LogP contribution is 2.19. The Hall–Kier alpha value is -0.900. The fourth-order valence-electron chi connectivity index (χ4n) is 1.18. The molecular weight excluding hydrogens is 163 g/mol. The van der Waals surface area contributed by atoms with Gasteiger partial charge in [-0.25, -0.2) is 4.79 Å². The van der Waals surface area contributed by atoms with Crippen LogP contribution in [0.2, 0.25) is 0 Å². The number of halogens is 1. The van der Waals surface area contributed by atoms with Gasteiger partial charge in [0.1, 0.15) is 0 Å². The third kappa shape index (κ3) is 2.30. The minimum Gasteiger partial charge on any atom is -0.476 e. The van der Waals surface area contributed by atoms with Crippen molar-refractivity contribution in [1.82, 2.24) is 0 Å². The number of rotatable bonds is 1. The van der Waals surface area contributed by atoms with Crippen LogP contribution in [0.4, 0.5) is 4.39 Å². The van der Waals surface area contributed by atoms with Crippen molar-refractivity contribution in [3.63, 3.8) is 0 Å². The lowest BCUT2D eigenvalue weighted by Crippen LogP contribution is -2.00. The maximum atomic E-state index is 12.8. The molecule has 0 aliphatic carbocycles. The first-order valence-corrected chi connectivity index (χ1v) is 3.90. The molecule has 12 heavy (non-hydrogen) atoms. The number of hydrogen-bond acceptors (Lipinski definition) is 2. The summed E-state index contributed by atoms with van der Waals surface area (Å²) in [7, 11) is 0. The van der Waals surface area contributed by atoms with Crippen molar-refractivity contribution in [3.05, 3.63) is 11.4 Å². The number of ether oxygens (including phenoxy) is 1. The van der Waals surface area contributed by atoms with Crippen molar-refractivity contribution in [2.45, 2.75) is 19.3 Å². The summed E-state index contributed by atoms with van der Waals surface area (Å²) in [5.74, 6) is -2.47. The van der Waals surface area contributed by atoms with Gasteiger partial charge < -0.3 is 9.84 Å². The fourth-order valence-corrected chi connectivity index (χ4v) is 1.18. The topological polar surface area (TPSA) is 46.5 Å². The molecule has 0 bridgehead atoms. The average molecular weight is 174 g/mol. The first-order valence-electron chi connectivity index (χ1n) is 3.90. The van der Waals surface area contributed by atoms with Crippen LogP contribution in [-0.4, -0.2) is 24.3 Å². The molecule has 1 aliphatic heterocycles. The Morgan fingerprint density at radius 3 is 2.83 bits per heavy atom. The van der Waals surface area contributed by atoms with E-state index in [4.69, 9.17) is 9.84 Å². The standard InChI is InChI=1S/C8H11FO3/c9-7(8(10)11)6-2-1-4-12-5-3-6/h1-5H2,(H,10,11). The van der Waals surface area contributed by atoms with Crippen molar-refractivity contribution >= 4 is 5.97 Å². The lowest BCUT2D eigenvalue weighted by atomic mass is 10.1. The molecule has 0 aromatic carbocycles. The van der Waals surface area contributed by atoms with Crippen LogP contribution in [-0.2, 0) is 9.53 Å². The van der Waals surface area contributed by atoms with Gasteiger partial charge in [-0.2, -0.15) is 4.39 Å². The lowest BCUT2D eigenvalue weighted by Gasteiger charge is -2.00. The molecule has 1 fully saturated rings. The number of hydrogen-bond donors (Lipinski definition) is 1. The predicted octanol–water partition coefficient (Wildman–Crippen LogP) is 1.50. The van der Waals surface area contributed by atoms with Crippen LogP contribution < -0.4 is 0 Å². The SMILES string of the molecule is O=C(O)C(F)=C1CCCOCC1. The summed E-state index contributed by atoms with van der Waals surface area (Å²) >= 11 is 0. The third-order valence-electron chi connectivity index (χ3n) is 1.81. The van der Waals surface area contributed by atoms with E-state index in [-0.39, 0.29) is 0 Å². The van der Waals surface area contributed by atoms with Gasteiger partial charge in [0.25, 0.3) is 0 Å². The van der Waals surface area contributed by atoms with E-state index in [0.29, 0.717) is 38.0 Å². The highest BCUT2D eigenvalue weighted by Gasteiger charge is 2.15. The third-order valence-corrected chi connectivity index (χ3v) is 1.81. The molecule has 0 atom stereocenters. The highest BCUT2D eigenvalue weighted by molar-refractivity contribution is 5.84. The molecule has 1 N–H and O–H groups in total. The Kier molecular flexibility index (Phi) is 3.22. The van der Waals surface area contributed by atoms with Crippen LogP contribution in [0.25, 0.3) is 0 Å². The minimum absolute atomic E-state index is 0.375. The van der Waals surface area contributed by atoms with E-state index in [0.717, 1.165) is 0 Å². The van der Waals surface area contributed by atoms with Gasteiger partial charge in [-0.1, -0.05) is 0 Å². The maximum absolute atomic E-state index is 12.8. The van der Waals surface area contributed by atoms with E-state index in [1.54, 1.807) is 0 Å². The second kappa shape index (κ2) is 4.21. The number of aliphatic carboxylic acids is 1. The second-order valence-corrected chi connectivity index (χ2v) is 2.69. The van der Waals surface area contributed by atoms with E-state index in [2.05, 4.69) is 0 Å². The van der Waals surface area contributed by atoms with Gasteiger partial charge in [-0.3, -0.25) is 0 Å². The number of carboxylic acid groups (broad SMARTS) is 1. The van der Waals surface area contributed by atoms with E-state index < -0.39 is 11.8 Å².